The van der Waals surface area contributed by atoms with Crippen LogP contribution in [0.15, 0.2) is 42.0 Å². The van der Waals surface area contributed by atoms with Gasteiger partial charge in [0.1, 0.15) is 6.10 Å². The Morgan fingerprint density at radius 1 is 1.20 bits per heavy atom. The van der Waals surface area contributed by atoms with E-state index < -0.39 is 38.7 Å². The van der Waals surface area contributed by atoms with E-state index in [-0.39, 0.29) is 11.0 Å². The molecule has 30 heavy (non-hydrogen) atoms. The van der Waals surface area contributed by atoms with Crippen LogP contribution in [-0.4, -0.2) is 21.9 Å². The number of hydrogen-bond donors (Lipinski definition) is 0. The van der Waals surface area contributed by atoms with Crippen molar-refractivity contribution in [3.8, 4) is 0 Å². The average Bonchev–Trinajstić information content (AvgIpc) is 2.91. The Morgan fingerprint density at radius 2 is 1.73 bits per heavy atom. The van der Waals surface area contributed by atoms with Gasteiger partial charge in [-0.25, -0.2) is 4.79 Å². The van der Waals surface area contributed by atoms with E-state index in [0.717, 1.165) is 24.6 Å². The third-order valence-electron chi connectivity index (χ3n) is 6.27. The number of esters is 1. The second-order valence-corrected chi connectivity index (χ2v) is 8.93. The third-order valence-corrected chi connectivity index (χ3v) is 6.27. The highest BCUT2D eigenvalue weighted by Gasteiger charge is 2.34. The first-order valence-corrected chi connectivity index (χ1v) is 9.77. The molecule has 0 aromatic heterocycles. The minimum absolute atomic E-state index is 0.0639. The van der Waals surface area contributed by atoms with Crippen LogP contribution in [0.4, 0.5) is 11.4 Å². The highest BCUT2D eigenvalue weighted by atomic mass is 16.6. The van der Waals surface area contributed by atoms with Crippen molar-refractivity contribution in [3.63, 3.8) is 0 Å². The van der Waals surface area contributed by atoms with Gasteiger partial charge in [-0.3, -0.25) is 20.2 Å². The Labute approximate surface area is 175 Å². The van der Waals surface area contributed by atoms with E-state index in [4.69, 9.17) is 4.74 Å². The molecule has 0 N–H and O–H groups in total. The van der Waals surface area contributed by atoms with Crippen molar-refractivity contribution < 1.29 is 19.4 Å². The van der Waals surface area contributed by atoms with Gasteiger partial charge in [-0.15, -0.1) is 0 Å². The predicted molar refractivity (Wildman–Crippen MR) is 113 cm³/mol. The van der Waals surface area contributed by atoms with Gasteiger partial charge >= 0.3 is 5.97 Å². The smallest absolute Gasteiger partial charge is 0.338 e. The van der Waals surface area contributed by atoms with Gasteiger partial charge < -0.3 is 4.74 Å². The summed E-state index contributed by atoms with van der Waals surface area (Å²) in [5, 5.41) is 22.1. The highest BCUT2D eigenvalue weighted by Crippen LogP contribution is 2.44. The van der Waals surface area contributed by atoms with Gasteiger partial charge in [-0.05, 0) is 31.6 Å². The maximum atomic E-state index is 12.6. The van der Waals surface area contributed by atoms with Crippen molar-refractivity contribution >= 4 is 17.3 Å². The van der Waals surface area contributed by atoms with E-state index in [1.807, 2.05) is 19.9 Å². The number of rotatable bonds is 7. The molecule has 0 amide bonds. The highest BCUT2D eigenvalue weighted by molar-refractivity contribution is 5.91. The molecule has 0 bridgehead atoms. The molecule has 2 rings (SSSR count). The second kappa shape index (κ2) is 8.38. The molecule has 162 valence electrons. The summed E-state index contributed by atoms with van der Waals surface area (Å²) in [6.07, 6.45) is 6.81. The zero-order valence-corrected chi connectivity index (χ0v) is 18.2. The molecule has 0 radical (unpaired) electrons. The molecule has 1 aliphatic carbocycles. The summed E-state index contributed by atoms with van der Waals surface area (Å²) in [7, 11) is 0. The number of non-ortho nitro benzene ring substituents is 2. The summed E-state index contributed by atoms with van der Waals surface area (Å²) in [4.78, 5) is 33.1. The van der Waals surface area contributed by atoms with Crippen molar-refractivity contribution in [2.24, 2.45) is 16.7 Å². The van der Waals surface area contributed by atoms with Gasteiger partial charge in [0.05, 0.1) is 21.5 Å². The maximum absolute atomic E-state index is 12.6. The largest absolute Gasteiger partial charge is 0.458 e. The van der Waals surface area contributed by atoms with Crippen molar-refractivity contribution in [2.75, 3.05) is 0 Å². The molecular weight excluding hydrogens is 388 g/mol. The van der Waals surface area contributed by atoms with Crippen molar-refractivity contribution in [3.05, 3.63) is 67.8 Å². The molecule has 0 fully saturated rings. The summed E-state index contributed by atoms with van der Waals surface area (Å²) in [6.45, 7) is 12.1. The van der Waals surface area contributed by atoms with Crippen molar-refractivity contribution in [1.29, 1.82) is 0 Å². The lowest BCUT2D eigenvalue weighted by Gasteiger charge is -2.31. The van der Waals surface area contributed by atoms with Crippen molar-refractivity contribution in [1.82, 2.24) is 0 Å². The molecule has 0 spiro atoms. The summed E-state index contributed by atoms with van der Waals surface area (Å²) in [6, 6.07) is 2.78. The van der Waals surface area contributed by atoms with E-state index in [1.165, 1.54) is 5.57 Å². The van der Waals surface area contributed by atoms with Crippen LogP contribution >= 0.6 is 0 Å². The van der Waals surface area contributed by atoms with Crippen LogP contribution in [0, 0.1) is 37.0 Å². The number of carbonyl (C=O) groups excluding carboxylic acids is 1. The van der Waals surface area contributed by atoms with Crippen LogP contribution in [0.5, 0.6) is 0 Å². The Kier molecular flexibility index (Phi) is 6.49. The summed E-state index contributed by atoms with van der Waals surface area (Å²) >= 11 is 0. The molecule has 8 heteroatoms. The van der Waals surface area contributed by atoms with Crippen LogP contribution in [0.1, 0.15) is 58.3 Å². The first kappa shape index (κ1) is 23.3. The molecule has 1 aliphatic rings. The molecule has 0 saturated carbocycles. The Bertz CT molecular complexity index is 897. The minimum atomic E-state index is -0.838. The predicted octanol–water partition coefficient (Wildman–Crippen LogP) is 5.62. The summed E-state index contributed by atoms with van der Waals surface area (Å²) < 4.78 is 5.51. The Morgan fingerprint density at radius 3 is 2.17 bits per heavy atom. The molecule has 0 heterocycles. The molecule has 0 unspecified atom stereocenters. The van der Waals surface area contributed by atoms with E-state index in [0.29, 0.717) is 5.92 Å². The molecule has 8 nitrogen and oxygen atoms in total. The van der Waals surface area contributed by atoms with E-state index >= 15 is 0 Å². The monoisotopic (exact) mass is 416 g/mol. The minimum Gasteiger partial charge on any atom is -0.458 e. The Balaban J connectivity index is 2.17. The quantitative estimate of drug-likeness (QED) is 0.247. The van der Waals surface area contributed by atoms with Gasteiger partial charge in [-0.1, -0.05) is 51.5 Å². The molecule has 1 aromatic rings. The number of benzene rings is 1. The lowest BCUT2D eigenvalue weighted by Crippen LogP contribution is -2.30. The Hall–Kier alpha value is -3.03. The molecule has 1 aromatic carbocycles. The zero-order chi connectivity index (χ0) is 22.9. The van der Waals surface area contributed by atoms with Crippen LogP contribution in [0.2, 0.25) is 0 Å². The van der Waals surface area contributed by atoms with Crippen LogP contribution in [0.3, 0.4) is 0 Å². The first-order valence-electron chi connectivity index (χ1n) is 9.77. The molecular formula is C22H28N2O6. The average molecular weight is 416 g/mol. The molecule has 2 atom stereocenters. The standard InChI is InChI=1S/C22H28N2O6/c1-14-7-8-17(22(14,5)6)9-10-21(3,4)15(2)30-20(25)16-11-18(23(26)27)13-19(12-16)24(28)29/h7,9-13,15,17H,8H2,1-6H3/b10-9+/t15-,17-/m0/s1. The number of nitro benzene ring substituents is 2. The fraction of sp³-hybridized carbons (Fsp3) is 0.500. The fourth-order valence-corrected chi connectivity index (χ4v) is 3.28. The topological polar surface area (TPSA) is 113 Å². The first-order chi connectivity index (χ1) is 13.8. The lowest BCUT2D eigenvalue weighted by molar-refractivity contribution is -0.394. The van der Waals surface area contributed by atoms with Gasteiger partial charge in [0.2, 0.25) is 0 Å². The van der Waals surface area contributed by atoms with Gasteiger partial charge in [0.25, 0.3) is 11.4 Å². The van der Waals surface area contributed by atoms with Crippen molar-refractivity contribution in [2.45, 2.75) is 54.1 Å². The zero-order valence-electron chi connectivity index (χ0n) is 18.2. The van der Waals surface area contributed by atoms with E-state index in [2.05, 4.69) is 32.9 Å². The lowest BCUT2D eigenvalue weighted by atomic mass is 9.76. The van der Waals surface area contributed by atoms with Crippen LogP contribution in [0.25, 0.3) is 0 Å². The van der Waals surface area contributed by atoms with Crippen LogP contribution in [-0.2, 0) is 4.74 Å². The SMILES string of the molecule is CC1=CC[C@@H](/C=C/C(C)(C)[C@H](C)OC(=O)c2cc([N+](=O)[O-])cc([N+](=O)[O-])c2)C1(C)C. The maximum Gasteiger partial charge on any atom is 0.338 e. The summed E-state index contributed by atoms with van der Waals surface area (Å²) in [5.41, 5.74) is -0.381. The molecule has 0 saturated heterocycles. The number of ether oxygens (including phenoxy) is 1. The molecule has 0 aliphatic heterocycles. The number of allylic oxidation sites excluding steroid dienone is 3. The van der Waals surface area contributed by atoms with Gasteiger partial charge in [0, 0.05) is 17.5 Å². The normalized spacial score (nSPS) is 19.4. The van der Waals surface area contributed by atoms with E-state index in [1.54, 1.807) is 6.92 Å². The number of carbonyl (C=O) groups is 1. The van der Waals surface area contributed by atoms with Crippen LogP contribution < -0.4 is 0 Å². The van der Waals surface area contributed by atoms with Gasteiger partial charge in [0.15, 0.2) is 0 Å². The second-order valence-electron chi connectivity index (χ2n) is 8.93. The number of nitro groups is 2. The third kappa shape index (κ3) is 4.93. The summed E-state index contributed by atoms with van der Waals surface area (Å²) in [5.74, 6) is -0.492. The van der Waals surface area contributed by atoms with E-state index in [9.17, 15) is 25.0 Å². The fourth-order valence-electron chi connectivity index (χ4n) is 3.28. The van der Waals surface area contributed by atoms with Gasteiger partial charge in [-0.2, -0.15) is 0 Å². The number of nitrogens with zero attached hydrogens (tertiary/aromatic N) is 2. The number of hydrogen-bond acceptors (Lipinski definition) is 6.